The Morgan fingerprint density at radius 1 is 1.19 bits per heavy atom. The molecule has 0 aliphatic rings. The number of rotatable bonds is 5. The molecule has 2 aromatic rings. The minimum absolute atomic E-state index is 0.142. The van der Waals surface area contributed by atoms with Crippen molar-refractivity contribution in [3.8, 4) is 5.75 Å². The summed E-state index contributed by atoms with van der Waals surface area (Å²) in [6, 6.07) is 14.7. The van der Waals surface area contributed by atoms with Crippen LogP contribution in [0.1, 0.15) is 18.1 Å². The van der Waals surface area contributed by atoms with Crippen LogP contribution in [0.15, 0.2) is 53.4 Å². The SMILES string of the molecule is COc1cccc([C@@](C)(O)CS(=O)c2ccc(C)cc2)c1. The van der Waals surface area contributed by atoms with Crippen LogP contribution in [-0.4, -0.2) is 22.2 Å². The van der Waals surface area contributed by atoms with Gasteiger partial charge in [-0.2, -0.15) is 0 Å². The van der Waals surface area contributed by atoms with E-state index >= 15 is 0 Å². The van der Waals surface area contributed by atoms with E-state index < -0.39 is 16.4 Å². The van der Waals surface area contributed by atoms with E-state index in [2.05, 4.69) is 0 Å². The van der Waals surface area contributed by atoms with E-state index in [1.54, 1.807) is 20.1 Å². The van der Waals surface area contributed by atoms with Crippen molar-refractivity contribution in [2.45, 2.75) is 24.3 Å². The number of ether oxygens (including phenoxy) is 1. The Labute approximate surface area is 128 Å². The van der Waals surface area contributed by atoms with Crippen molar-refractivity contribution < 1.29 is 14.1 Å². The molecule has 0 bridgehead atoms. The van der Waals surface area contributed by atoms with Crippen LogP contribution in [0.25, 0.3) is 0 Å². The highest BCUT2D eigenvalue weighted by atomic mass is 32.2. The Hall–Kier alpha value is -1.65. The minimum Gasteiger partial charge on any atom is -0.497 e. The Morgan fingerprint density at radius 2 is 1.86 bits per heavy atom. The van der Waals surface area contributed by atoms with Crippen molar-refractivity contribution in [1.29, 1.82) is 0 Å². The number of aryl methyl sites for hydroxylation is 1. The fourth-order valence-electron chi connectivity index (χ4n) is 2.07. The van der Waals surface area contributed by atoms with Gasteiger partial charge in [0.05, 0.1) is 29.3 Å². The Morgan fingerprint density at radius 3 is 2.48 bits per heavy atom. The zero-order chi connectivity index (χ0) is 15.5. The highest BCUT2D eigenvalue weighted by Crippen LogP contribution is 2.26. The highest BCUT2D eigenvalue weighted by molar-refractivity contribution is 7.85. The summed E-state index contributed by atoms with van der Waals surface area (Å²) < 4.78 is 17.6. The molecule has 1 N–H and O–H groups in total. The molecule has 0 heterocycles. The summed E-state index contributed by atoms with van der Waals surface area (Å²) in [7, 11) is 0.321. The van der Waals surface area contributed by atoms with E-state index in [0.717, 1.165) is 10.5 Å². The van der Waals surface area contributed by atoms with Gasteiger partial charge in [0.25, 0.3) is 0 Å². The number of hydrogen-bond donors (Lipinski definition) is 1. The quantitative estimate of drug-likeness (QED) is 0.923. The average molecular weight is 304 g/mol. The number of aliphatic hydroxyl groups is 1. The number of benzene rings is 2. The molecular weight excluding hydrogens is 284 g/mol. The maximum Gasteiger partial charge on any atom is 0.119 e. The van der Waals surface area contributed by atoms with Crippen molar-refractivity contribution >= 4 is 10.8 Å². The molecule has 2 rings (SSSR count). The third-order valence-electron chi connectivity index (χ3n) is 3.39. The molecule has 0 amide bonds. The van der Waals surface area contributed by atoms with Gasteiger partial charge < -0.3 is 9.84 Å². The maximum absolute atomic E-state index is 12.4. The predicted molar refractivity (Wildman–Crippen MR) is 85.0 cm³/mol. The lowest BCUT2D eigenvalue weighted by Crippen LogP contribution is -2.28. The maximum atomic E-state index is 12.4. The van der Waals surface area contributed by atoms with Gasteiger partial charge in [-0.3, -0.25) is 4.21 Å². The second-order valence-electron chi connectivity index (χ2n) is 5.31. The first-order valence-electron chi connectivity index (χ1n) is 6.74. The summed E-state index contributed by atoms with van der Waals surface area (Å²) in [5.41, 5.74) is 0.641. The molecule has 0 saturated heterocycles. The molecule has 0 saturated carbocycles. The Kier molecular flexibility index (Phi) is 4.80. The molecule has 0 spiro atoms. The lowest BCUT2D eigenvalue weighted by Gasteiger charge is -2.23. The van der Waals surface area contributed by atoms with Crippen LogP contribution >= 0.6 is 0 Å². The Balaban J connectivity index is 2.19. The standard InChI is InChI=1S/C17H20O3S/c1-13-7-9-16(10-8-13)21(19)12-17(2,18)14-5-4-6-15(11-14)20-3/h4-11,18H,12H2,1-3H3/t17-,21?/m0/s1. The molecule has 4 heteroatoms. The largest absolute Gasteiger partial charge is 0.497 e. The molecule has 0 fully saturated rings. The molecule has 0 radical (unpaired) electrons. The fraction of sp³-hybridized carbons (Fsp3) is 0.294. The molecule has 0 aliphatic carbocycles. The Bertz CT molecular complexity index is 633. The van der Waals surface area contributed by atoms with Crippen LogP contribution < -0.4 is 4.74 Å². The summed E-state index contributed by atoms with van der Waals surface area (Å²) in [5.74, 6) is 0.817. The topological polar surface area (TPSA) is 46.5 Å². The molecule has 2 atom stereocenters. The van der Waals surface area contributed by atoms with E-state index in [-0.39, 0.29) is 5.75 Å². The summed E-state index contributed by atoms with van der Waals surface area (Å²) in [5, 5.41) is 10.6. The van der Waals surface area contributed by atoms with Gasteiger partial charge in [0, 0.05) is 4.90 Å². The lowest BCUT2D eigenvalue weighted by molar-refractivity contribution is 0.0827. The fourth-order valence-corrected chi connectivity index (χ4v) is 3.35. The van der Waals surface area contributed by atoms with E-state index in [9.17, 15) is 9.32 Å². The van der Waals surface area contributed by atoms with Crippen LogP contribution in [0.2, 0.25) is 0 Å². The van der Waals surface area contributed by atoms with E-state index in [4.69, 9.17) is 4.74 Å². The van der Waals surface area contributed by atoms with Crippen LogP contribution in [-0.2, 0) is 16.4 Å². The van der Waals surface area contributed by atoms with Crippen LogP contribution in [0.3, 0.4) is 0 Å². The molecule has 0 aromatic heterocycles. The van der Waals surface area contributed by atoms with Gasteiger partial charge in [-0.1, -0.05) is 29.8 Å². The first kappa shape index (κ1) is 15.7. The van der Waals surface area contributed by atoms with E-state index in [1.807, 2.05) is 49.4 Å². The van der Waals surface area contributed by atoms with Crippen LogP contribution in [0, 0.1) is 6.92 Å². The zero-order valence-corrected chi connectivity index (χ0v) is 13.3. The molecule has 1 unspecified atom stereocenters. The van der Waals surface area contributed by atoms with Crippen molar-refractivity contribution in [3.05, 3.63) is 59.7 Å². The monoisotopic (exact) mass is 304 g/mol. The minimum atomic E-state index is -1.26. The molecular formula is C17H20O3S. The second-order valence-corrected chi connectivity index (χ2v) is 6.76. The van der Waals surface area contributed by atoms with Gasteiger partial charge in [0.1, 0.15) is 5.75 Å². The molecule has 0 aliphatic heterocycles. The summed E-state index contributed by atoms with van der Waals surface area (Å²) in [4.78, 5) is 0.726. The highest BCUT2D eigenvalue weighted by Gasteiger charge is 2.27. The zero-order valence-electron chi connectivity index (χ0n) is 12.5. The number of methoxy groups -OCH3 is 1. The lowest BCUT2D eigenvalue weighted by atomic mass is 9.98. The van der Waals surface area contributed by atoms with Gasteiger partial charge in [0.15, 0.2) is 0 Å². The van der Waals surface area contributed by atoms with E-state index in [1.165, 1.54) is 0 Å². The van der Waals surface area contributed by atoms with Crippen molar-refractivity contribution in [2.24, 2.45) is 0 Å². The van der Waals surface area contributed by atoms with E-state index in [0.29, 0.717) is 11.3 Å². The molecule has 2 aromatic carbocycles. The van der Waals surface area contributed by atoms with Gasteiger partial charge >= 0.3 is 0 Å². The first-order chi connectivity index (χ1) is 9.92. The second kappa shape index (κ2) is 6.41. The van der Waals surface area contributed by atoms with Gasteiger partial charge in [-0.05, 0) is 43.7 Å². The number of hydrogen-bond acceptors (Lipinski definition) is 3. The van der Waals surface area contributed by atoms with Gasteiger partial charge in [0.2, 0.25) is 0 Å². The van der Waals surface area contributed by atoms with Crippen LogP contribution in [0.5, 0.6) is 5.75 Å². The first-order valence-corrected chi connectivity index (χ1v) is 8.06. The third kappa shape index (κ3) is 3.93. The predicted octanol–water partition coefficient (Wildman–Crippen LogP) is 3.02. The third-order valence-corrected chi connectivity index (χ3v) is 5.01. The van der Waals surface area contributed by atoms with Crippen molar-refractivity contribution in [3.63, 3.8) is 0 Å². The summed E-state index contributed by atoms with van der Waals surface area (Å²) >= 11 is 0. The summed E-state index contributed by atoms with van der Waals surface area (Å²) in [6.07, 6.45) is 0. The van der Waals surface area contributed by atoms with Gasteiger partial charge in [-0.15, -0.1) is 0 Å². The van der Waals surface area contributed by atoms with Crippen molar-refractivity contribution in [2.75, 3.05) is 12.9 Å². The van der Waals surface area contributed by atoms with Crippen LogP contribution in [0.4, 0.5) is 0 Å². The van der Waals surface area contributed by atoms with Crippen molar-refractivity contribution in [1.82, 2.24) is 0 Å². The molecule has 21 heavy (non-hydrogen) atoms. The normalized spacial score (nSPS) is 15.2. The van der Waals surface area contributed by atoms with Gasteiger partial charge in [-0.25, -0.2) is 0 Å². The molecule has 3 nitrogen and oxygen atoms in total. The average Bonchev–Trinajstić information content (AvgIpc) is 2.47. The molecule has 112 valence electrons. The smallest absolute Gasteiger partial charge is 0.119 e. The summed E-state index contributed by atoms with van der Waals surface area (Å²) in [6.45, 7) is 3.66.